The Morgan fingerprint density at radius 2 is 2.24 bits per heavy atom. The highest BCUT2D eigenvalue weighted by Gasteiger charge is 2.56. The lowest BCUT2D eigenvalue weighted by molar-refractivity contribution is -0.0479. The molecule has 1 saturated heterocycles. The Morgan fingerprint density at radius 3 is 3.10 bits per heavy atom. The van der Waals surface area contributed by atoms with E-state index in [9.17, 15) is 0 Å². The minimum absolute atomic E-state index is 0.349. The summed E-state index contributed by atoms with van der Waals surface area (Å²) >= 11 is 1.81. The Kier molecular flexibility index (Phi) is 3.28. The molecule has 2 aliphatic rings. The van der Waals surface area contributed by atoms with Gasteiger partial charge in [-0.3, -0.25) is 0 Å². The molecule has 0 spiro atoms. The van der Waals surface area contributed by atoms with Crippen molar-refractivity contribution in [3.63, 3.8) is 0 Å². The van der Waals surface area contributed by atoms with Crippen LogP contribution in [0.1, 0.15) is 31.7 Å². The van der Waals surface area contributed by atoms with Gasteiger partial charge in [0.15, 0.2) is 0 Å². The first-order chi connectivity index (χ1) is 10.2. The van der Waals surface area contributed by atoms with Crippen molar-refractivity contribution in [2.24, 2.45) is 11.3 Å². The normalized spacial score (nSPS) is 30.9. The zero-order valence-electron chi connectivity index (χ0n) is 12.7. The number of rotatable bonds is 3. The summed E-state index contributed by atoms with van der Waals surface area (Å²) in [6, 6.07) is 9.72. The predicted molar refractivity (Wildman–Crippen MR) is 88.5 cm³/mol. The number of benzene rings is 1. The zero-order chi connectivity index (χ0) is 14.4. The van der Waals surface area contributed by atoms with Gasteiger partial charge in [-0.15, -0.1) is 11.3 Å². The van der Waals surface area contributed by atoms with E-state index in [0.29, 0.717) is 17.5 Å². The Labute approximate surface area is 130 Å². The SMILES string of the molecule is CC1(C)C2NCCCC2C1NCc1nc2ccccc2s1. The average molecular weight is 301 g/mol. The third kappa shape index (κ3) is 2.20. The van der Waals surface area contributed by atoms with Crippen molar-refractivity contribution in [3.05, 3.63) is 29.3 Å². The molecule has 0 bridgehead atoms. The van der Waals surface area contributed by atoms with Gasteiger partial charge in [-0.05, 0) is 42.9 Å². The smallest absolute Gasteiger partial charge is 0.108 e. The van der Waals surface area contributed by atoms with E-state index in [0.717, 1.165) is 18.0 Å². The molecular weight excluding hydrogens is 278 g/mol. The maximum atomic E-state index is 4.74. The number of hydrogen-bond donors (Lipinski definition) is 2. The first-order valence-electron chi connectivity index (χ1n) is 7.97. The number of piperidine rings is 1. The van der Waals surface area contributed by atoms with E-state index < -0.39 is 0 Å². The Bertz CT molecular complexity index is 615. The fourth-order valence-electron chi connectivity index (χ4n) is 4.32. The monoisotopic (exact) mass is 301 g/mol. The standard InChI is InChI=1S/C17H23N3S/c1-17(2)15-11(6-5-9-18-15)16(17)19-10-14-20-12-7-3-4-8-13(12)21-14/h3-4,7-8,11,15-16,18-19H,5-6,9-10H2,1-2H3. The van der Waals surface area contributed by atoms with E-state index >= 15 is 0 Å². The molecule has 4 rings (SSSR count). The highest BCUT2D eigenvalue weighted by atomic mass is 32.1. The molecule has 2 N–H and O–H groups in total. The summed E-state index contributed by atoms with van der Waals surface area (Å²) in [4.78, 5) is 4.74. The molecule has 3 unspecified atom stereocenters. The molecule has 2 heterocycles. The van der Waals surface area contributed by atoms with Crippen molar-refractivity contribution in [1.29, 1.82) is 0 Å². The number of para-hydroxylation sites is 1. The summed E-state index contributed by atoms with van der Waals surface area (Å²) < 4.78 is 1.29. The van der Waals surface area contributed by atoms with Crippen molar-refractivity contribution in [1.82, 2.24) is 15.6 Å². The van der Waals surface area contributed by atoms with Crippen LogP contribution in [0.2, 0.25) is 0 Å². The minimum Gasteiger partial charge on any atom is -0.313 e. The summed E-state index contributed by atoms with van der Waals surface area (Å²) in [6.45, 7) is 6.87. The van der Waals surface area contributed by atoms with Crippen LogP contribution in [0.4, 0.5) is 0 Å². The van der Waals surface area contributed by atoms with Crippen LogP contribution < -0.4 is 10.6 Å². The predicted octanol–water partition coefficient (Wildman–Crippen LogP) is 3.16. The zero-order valence-corrected chi connectivity index (χ0v) is 13.5. The van der Waals surface area contributed by atoms with Crippen molar-refractivity contribution >= 4 is 21.6 Å². The maximum Gasteiger partial charge on any atom is 0.108 e. The lowest BCUT2D eigenvalue weighted by atomic mass is 9.53. The van der Waals surface area contributed by atoms with Crippen LogP contribution in [0.5, 0.6) is 0 Å². The molecule has 2 aromatic rings. The number of aromatic nitrogens is 1. The van der Waals surface area contributed by atoms with Gasteiger partial charge in [0.25, 0.3) is 0 Å². The van der Waals surface area contributed by atoms with Crippen molar-refractivity contribution < 1.29 is 0 Å². The number of thiazole rings is 1. The third-order valence-corrected chi connectivity index (χ3v) is 6.39. The molecule has 1 aromatic heterocycles. The molecular formula is C17H23N3S. The van der Waals surface area contributed by atoms with E-state index in [1.54, 1.807) is 0 Å². The number of fused-ring (bicyclic) bond motifs is 2. The molecule has 0 radical (unpaired) electrons. The van der Waals surface area contributed by atoms with Crippen LogP contribution >= 0.6 is 11.3 Å². The lowest BCUT2D eigenvalue weighted by Crippen LogP contribution is -2.73. The van der Waals surface area contributed by atoms with Gasteiger partial charge in [0.2, 0.25) is 0 Å². The van der Waals surface area contributed by atoms with Crippen LogP contribution in [-0.2, 0) is 6.54 Å². The lowest BCUT2D eigenvalue weighted by Gasteiger charge is -2.61. The van der Waals surface area contributed by atoms with Gasteiger partial charge < -0.3 is 10.6 Å². The first kappa shape index (κ1) is 13.7. The van der Waals surface area contributed by atoms with Gasteiger partial charge in [-0.25, -0.2) is 4.98 Å². The fraction of sp³-hybridized carbons (Fsp3) is 0.588. The Morgan fingerprint density at radius 1 is 1.38 bits per heavy atom. The molecule has 3 atom stereocenters. The van der Waals surface area contributed by atoms with Gasteiger partial charge in [-0.1, -0.05) is 26.0 Å². The largest absolute Gasteiger partial charge is 0.313 e. The van der Waals surface area contributed by atoms with Crippen molar-refractivity contribution in [3.8, 4) is 0 Å². The van der Waals surface area contributed by atoms with Crippen molar-refractivity contribution in [2.75, 3.05) is 6.54 Å². The summed E-state index contributed by atoms with van der Waals surface area (Å²) in [5.74, 6) is 0.795. The van der Waals surface area contributed by atoms with Crippen LogP contribution in [0.15, 0.2) is 24.3 Å². The van der Waals surface area contributed by atoms with Crippen LogP contribution in [-0.4, -0.2) is 23.6 Å². The molecule has 1 aliphatic carbocycles. The summed E-state index contributed by atoms with van der Waals surface area (Å²) in [5.41, 5.74) is 1.48. The quantitative estimate of drug-likeness (QED) is 0.914. The second-order valence-corrected chi connectivity index (χ2v) is 8.11. The first-order valence-corrected chi connectivity index (χ1v) is 8.79. The van der Waals surface area contributed by atoms with Gasteiger partial charge in [0.05, 0.1) is 10.2 Å². The molecule has 0 amide bonds. The highest BCUT2D eigenvalue weighted by Crippen LogP contribution is 2.49. The number of nitrogens with zero attached hydrogens (tertiary/aromatic N) is 1. The van der Waals surface area contributed by atoms with Crippen LogP contribution in [0, 0.1) is 11.3 Å². The van der Waals surface area contributed by atoms with E-state index in [-0.39, 0.29) is 0 Å². The molecule has 4 heteroatoms. The summed E-state index contributed by atoms with van der Waals surface area (Å²) in [7, 11) is 0. The molecule has 1 aromatic carbocycles. The minimum atomic E-state index is 0.349. The van der Waals surface area contributed by atoms with Crippen LogP contribution in [0.3, 0.4) is 0 Å². The van der Waals surface area contributed by atoms with Gasteiger partial charge in [0.1, 0.15) is 5.01 Å². The van der Waals surface area contributed by atoms with Gasteiger partial charge in [0, 0.05) is 18.6 Å². The molecule has 1 aliphatic heterocycles. The van der Waals surface area contributed by atoms with E-state index in [4.69, 9.17) is 4.98 Å². The van der Waals surface area contributed by atoms with Gasteiger partial charge >= 0.3 is 0 Å². The fourth-order valence-corrected chi connectivity index (χ4v) is 5.24. The summed E-state index contributed by atoms with van der Waals surface area (Å²) in [6.07, 6.45) is 2.68. The Balaban J connectivity index is 1.46. The highest BCUT2D eigenvalue weighted by molar-refractivity contribution is 7.18. The molecule has 2 fully saturated rings. The average Bonchev–Trinajstić information content (AvgIpc) is 2.90. The van der Waals surface area contributed by atoms with Crippen molar-refractivity contribution in [2.45, 2.75) is 45.3 Å². The maximum absolute atomic E-state index is 4.74. The topological polar surface area (TPSA) is 37.0 Å². The van der Waals surface area contributed by atoms with E-state index in [1.807, 2.05) is 11.3 Å². The second-order valence-electron chi connectivity index (χ2n) is 6.99. The molecule has 1 saturated carbocycles. The second kappa shape index (κ2) is 5.04. The van der Waals surface area contributed by atoms with Crippen LogP contribution in [0.25, 0.3) is 10.2 Å². The van der Waals surface area contributed by atoms with E-state index in [2.05, 4.69) is 48.7 Å². The van der Waals surface area contributed by atoms with Gasteiger partial charge in [-0.2, -0.15) is 0 Å². The third-order valence-electron chi connectivity index (χ3n) is 5.35. The molecule has 112 valence electrons. The molecule has 21 heavy (non-hydrogen) atoms. The van der Waals surface area contributed by atoms with E-state index in [1.165, 1.54) is 29.1 Å². The Hall–Kier alpha value is -0.970. The molecule has 3 nitrogen and oxygen atoms in total. The number of hydrogen-bond acceptors (Lipinski definition) is 4. The number of nitrogens with one attached hydrogen (secondary N) is 2. The summed E-state index contributed by atoms with van der Waals surface area (Å²) in [5, 5.41) is 8.71.